The summed E-state index contributed by atoms with van der Waals surface area (Å²) in [6.07, 6.45) is 5.85. The number of benzene rings is 1. The molecule has 0 atom stereocenters. The molecule has 0 spiro atoms. The minimum absolute atomic E-state index is 0.0920. The third-order valence-electron chi connectivity index (χ3n) is 5.27. The van der Waals surface area contributed by atoms with Gasteiger partial charge in [-0.15, -0.1) is 0 Å². The summed E-state index contributed by atoms with van der Waals surface area (Å²) in [4.78, 5) is 23.1. The number of amides is 1. The molecule has 5 rings (SSSR count). The van der Waals surface area contributed by atoms with Crippen LogP contribution in [0.1, 0.15) is 17.4 Å². The molecular weight excluding hydrogens is 354 g/mol. The number of fused-ring (bicyclic) bond motifs is 1. The van der Waals surface area contributed by atoms with Crippen LogP contribution in [-0.2, 0) is 18.3 Å². The Balaban J connectivity index is 1.24. The number of pyridine rings is 1. The van der Waals surface area contributed by atoms with Gasteiger partial charge in [0.1, 0.15) is 0 Å². The Hall–Kier alpha value is -3.48. The molecule has 0 aliphatic carbocycles. The van der Waals surface area contributed by atoms with Crippen molar-refractivity contribution in [3.05, 3.63) is 66.4 Å². The topological polar surface area (TPSA) is 77.1 Å². The maximum atomic E-state index is 12.7. The summed E-state index contributed by atoms with van der Waals surface area (Å²) in [5, 5.41) is 5.16. The van der Waals surface area contributed by atoms with Crippen molar-refractivity contribution in [1.29, 1.82) is 0 Å². The first-order valence-corrected chi connectivity index (χ1v) is 9.24. The van der Waals surface area contributed by atoms with E-state index in [1.54, 1.807) is 12.4 Å². The zero-order valence-electron chi connectivity index (χ0n) is 15.4. The highest BCUT2D eigenvalue weighted by Crippen LogP contribution is 2.29. The van der Waals surface area contributed by atoms with E-state index in [2.05, 4.69) is 31.8 Å². The number of nitrogens with zero attached hydrogens (tertiary/aromatic N) is 5. The van der Waals surface area contributed by atoms with E-state index in [4.69, 9.17) is 4.52 Å². The fourth-order valence-electron chi connectivity index (χ4n) is 3.69. The maximum Gasteiger partial charge on any atom is 0.233 e. The molecule has 1 amide bonds. The molecule has 1 aliphatic heterocycles. The van der Waals surface area contributed by atoms with E-state index >= 15 is 0 Å². The first-order valence-electron chi connectivity index (χ1n) is 9.24. The largest absolute Gasteiger partial charge is 0.350 e. The van der Waals surface area contributed by atoms with Crippen LogP contribution in [0.5, 0.6) is 0 Å². The summed E-state index contributed by atoms with van der Waals surface area (Å²) in [5.41, 5.74) is 3.02. The molecule has 4 heterocycles. The van der Waals surface area contributed by atoms with Crippen LogP contribution in [-0.4, -0.2) is 43.6 Å². The number of rotatable bonds is 4. The molecule has 1 saturated heterocycles. The van der Waals surface area contributed by atoms with Gasteiger partial charge in [0.15, 0.2) is 0 Å². The number of hydrogen-bond acceptors (Lipinski definition) is 5. The second-order valence-electron chi connectivity index (χ2n) is 7.15. The summed E-state index contributed by atoms with van der Waals surface area (Å²) in [7, 11) is 2.01. The molecule has 0 saturated carbocycles. The van der Waals surface area contributed by atoms with Crippen molar-refractivity contribution in [2.45, 2.75) is 12.3 Å². The van der Waals surface area contributed by atoms with Crippen LogP contribution in [0.3, 0.4) is 0 Å². The number of aromatic nitrogens is 4. The Kier molecular flexibility index (Phi) is 3.93. The summed E-state index contributed by atoms with van der Waals surface area (Å²) in [5.74, 6) is 1.32. The molecule has 140 valence electrons. The Morgan fingerprint density at radius 2 is 2.07 bits per heavy atom. The molecule has 7 heteroatoms. The molecule has 28 heavy (non-hydrogen) atoms. The molecule has 1 fully saturated rings. The van der Waals surface area contributed by atoms with Gasteiger partial charge >= 0.3 is 0 Å². The standard InChI is InChI=1S/C21H19N5O2/c1-25-11-15(17-6-2-3-7-18(17)25)9-19(27)26-12-16(13-26)21-23-20(24-28-21)14-5-4-8-22-10-14/h2-8,10-11,16H,9,12-13H2,1H3. The second kappa shape index (κ2) is 6.60. The van der Waals surface area contributed by atoms with E-state index in [-0.39, 0.29) is 11.8 Å². The van der Waals surface area contributed by atoms with E-state index in [9.17, 15) is 4.79 Å². The molecule has 0 N–H and O–H groups in total. The van der Waals surface area contributed by atoms with Gasteiger partial charge in [0.2, 0.25) is 17.6 Å². The van der Waals surface area contributed by atoms with Crippen LogP contribution >= 0.6 is 0 Å². The highest BCUT2D eigenvalue weighted by molar-refractivity contribution is 5.89. The third-order valence-corrected chi connectivity index (χ3v) is 5.27. The van der Waals surface area contributed by atoms with E-state index in [1.165, 1.54) is 0 Å². The summed E-state index contributed by atoms with van der Waals surface area (Å²) < 4.78 is 7.46. The first-order chi connectivity index (χ1) is 13.7. The van der Waals surface area contributed by atoms with Gasteiger partial charge in [0.25, 0.3) is 0 Å². The average Bonchev–Trinajstić information content (AvgIpc) is 3.28. The fourth-order valence-corrected chi connectivity index (χ4v) is 3.69. The SMILES string of the molecule is Cn1cc(CC(=O)N2CC(c3nc(-c4cccnc4)no3)C2)c2ccccc21. The minimum atomic E-state index is 0.0920. The van der Waals surface area contributed by atoms with Crippen molar-refractivity contribution in [2.24, 2.45) is 7.05 Å². The molecule has 1 aromatic carbocycles. The molecule has 0 radical (unpaired) electrons. The van der Waals surface area contributed by atoms with Gasteiger partial charge in [-0.3, -0.25) is 9.78 Å². The smallest absolute Gasteiger partial charge is 0.233 e. The summed E-state index contributed by atoms with van der Waals surface area (Å²) in [6, 6.07) is 11.9. The van der Waals surface area contributed by atoms with Crippen molar-refractivity contribution in [1.82, 2.24) is 24.6 Å². The fraction of sp³-hybridized carbons (Fsp3) is 0.238. The van der Waals surface area contributed by atoms with Gasteiger partial charge in [0.05, 0.1) is 12.3 Å². The predicted octanol–water partition coefficient (Wildman–Crippen LogP) is 2.79. The van der Waals surface area contributed by atoms with E-state index in [1.807, 2.05) is 42.4 Å². The lowest BCUT2D eigenvalue weighted by molar-refractivity contribution is -0.135. The normalized spacial score (nSPS) is 14.4. The van der Waals surface area contributed by atoms with Gasteiger partial charge in [-0.1, -0.05) is 23.4 Å². The zero-order valence-corrected chi connectivity index (χ0v) is 15.4. The Bertz CT molecular complexity index is 1140. The highest BCUT2D eigenvalue weighted by Gasteiger charge is 2.35. The Labute approximate surface area is 161 Å². The number of para-hydroxylation sites is 1. The lowest BCUT2D eigenvalue weighted by atomic mass is 9.98. The molecule has 0 unspecified atom stereocenters. The molecule has 4 aromatic rings. The van der Waals surface area contributed by atoms with Crippen LogP contribution in [0.25, 0.3) is 22.3 Å². The van der Waals surface area contributed by atoms with Crippen molar-refractivity contribution >= 4 is 16.8 Å². The van der Waals surface area contributed by atoms with Crippen molar-refractivity contribution in [3.63, 3.8) is 0 Å². The minimum Gasteiger partial charge on any atom is -0.350 e. The Morgan fingerprint density at radius 3 is 2.89 bits per heavy atom. The molecule has 1 aliphatic rings. The Morgan fingerprint density at radius 1 is 1.21 bits per heavy atom. The van der Waals surface area contributed by atoms with Crippen LogP contribution in [0.2, 0.25) is 0 Å². The quantitative estimate of drug-likeness (QED) is 0.550. The molecule has 0 bridgehead atoms. The lowest BCUT2D eigenvalue weighted by Crippen LogP contribution is -2.49. The van der Waals surface area contributed by atoms with Gasteiger partial charge < -0.3 is 14.0 Å². The van der Waals surface area contributed by atoms with E-state index in [0.717, 1.165) is 22.0 Å². The van der Waals surface area contributed by atoms with Gasteiger partial charge in [-0.05, 0) is 23.8 Å². The van der Waals surface area contributed by atoms with Crippen LogP contribution in [0, 0.1) is 0 Å². The molecule has 3 aromatic heterocycles. The lowest BCUT2D eigenvalue weighted by Gasteiger charge is -2.37. The maximum absolute atomic E-state index is 12.7. The number of hydrogen-bond donors (Lipinski definition) is 0. The number of carbonyl (C=O) groups is 1. The van der Waals surface area contributed by atoms with Gasteiger partial charge in [-0.2, -0.15) is 4.98 Å². The average molecular weight is 373 g/mol. The van der Waals surface area contributed by atoms with Crippen molar-refractivity contribution in [3.8, 4) is 11.4 Å². The molecular formula is C21H19N5O2. The first kappa shape index (κ1) is 16.7. The van der Waals surface area contributed by atoms with Gasteiger partial charge in [0, 0.05) is 55.2 Å². The summed E-state index contributed by atoms with van der Waals surface area (Å²) >= 11 is 0. The van der Waals surface area contributed by atoms with Crippen molar-refractivity contribution in [2.75, 3.05) is 13.1 Å². The molecule has 7 nitrogen and oxygen atoms in total. The van der Waals surface area contributed by atoms with E-state index in [0.29, 0.717) is 31.2 Å². The highest BCUT2D eigenvalue weighted by atomic mass is 16.5. The van der Waals surface area contributed by atoms with Crippen LogP contribution < -0.4 is 0 Å². The number of likely N-dealkylation sites (tertiary alicyclic amines) is 1. The van der Waals surface area contributed by atoms with Crippen LogP contribution in [0.4, 0.5) is 0 Å². The zero-order chi connectivity index (χ0) is 19.1. The second-order valence-corrected chi connectivity index (χ2v) is 7.15. The number of aryl methyl sites for hydroxylation is 1. The number of carbonyl (C=O) groups excluding carboxylic acids is 1. The van der Waals surface area contributed by atoms with Gasteiger partial charge in [-0.25, -0.2) is 0 Å². The van der Waals surface area contributed by atoms with Crippen LogP contribution in [0.15, 0.2) is 59.5 Å². The third kappa shape index (κ3) is 2.85. The van der Waals surface area contributed by atoms with E-state index < -0.39 is 0 Å². The summed E-state index contributed by atoms with van der Waals surface area (Å²) in [6.45, 7) is 1.22. The monoisotopic (exact) mass is 373 g/mol. The van der Waals surface area contributed by atoms with Crippen molar-refractivity contribution < 1.29 is 9.32 Å². The predicted molar refractivity (Wildman–Crippen MR) is 103 cm³/mol.